The van der Waals surface area contributed by atoms with Gasteiger partial charge in [0.15, 0.2) is 11.6 Å². The Labute approximate surface area is 148 Å². The average molecular weight is 346 g/mol. The lowest BCUT2D eigenvalue weighted by Gasteiger charge is -2.49. The van der Waals surface area contributed by atoms with E-state index in [9.17, 15) is 9.18 Å². The number of likely N-dealkylation sites (N-methyl/N-ethyl adjacent to an activating group) is 1. The van der Waals surface area contributed by atoms with Crippen LogP contribution >= 0.6 is 0 Å². The van der Waals surface area contributed by atoms with E-state index in [4.69, 9.17) is 0 Å². The van der Waals surface area contributed by atoms with Crippen LogP contribution < -0.4 is 4.90 Å². The lowest BCUT2D eigenvalue weighted by molar-refractivity contribution is -0.141. The number of carbonyl (C=O) groups excluding carboxylic acids is 1. The van der Waals surface area contributed by atoms with Crippen LogP contribution in [0.2, 0.25) is 0 Å². The van der Waals surface area contributed by atoms with E-state index in [2.05, 4.69) is 26.7 Å². The van der Waals surface area contributed by atoms with Crippen LogP contribution in [0.15, 0.2) is 18.3 Å². The van der Waals surface area contributed by atoms with Gasteiger partial charge in [0.25, 0.3) is 0 Å². The van der Waals surface area contributed by atoms with Crippen molar-refractivity contribution >= 4 is 11.7 Å². The quantitative estimate of drug-likeness (QED) is 0.823. The highest BCUT2D eigenvalue weighted by atomic mass is 19.1. The van der Waals surface area contributed by atoms with Crippen LogP contribution in [0.5, 0.6) is 0 Å². The zero-order chi connectivity index (χ0) is 17.4. The Morgan fingerprint density at radius 2 is 2.04 bits per heavy atom. The van der Waals surface area contributed by atoms with Gasteiger partial charge in [-0.15, -0.1) is 0 Å². The molecule has 3 aliphatic rings. The number of likely N-dealkylation sites (tertiary alicyclic amines) is 2. The fourth-order valence-corrected chi connectivity index (χ4v) is 4.75. The van der Waals surface area contributed by atoms with Gasteiger partial charge in [-0.05, 0) is 56.8 Å². The highest BCUT2D eigenvalue weighted by Crippen LogP contribution is 2.42. The van der Waals surface area contributed by atoms with Gasteiger partial charge in [-0.1, -0.05) is 0 Å². The SMILES string of the molecule is CN1CCC(N2CC3(CCC2=O)CCN(c2ncccc2F)CC3)C1. The first-order chi connectivity index (χ1) is 12.1. The number of rotatable bonds is 2. The molecule has 25 heavy (non-hydrogen) atoms. The summed E-state index contributed by atoms with van der Waals surface area (Å²) in [6.45, 7) is 4.59. The van der Waals surface area contributed by atoms with Crippen molar-refractivity contribution in [2.75, 3.05) is 44.7 Å². The second-order valence-electron chi connectivity index (χ2n) is 8.02. The molecule has 1 unspecified atom stereocenters. The van der Waals surface area contributed by atoms with E-state index in [1.807, 2.05) is 0 Å². The van der Waals surface area contributed by atoms with Crippen LogP contribution in [0.4, 0.5) is 10.2 Å². The molecule has 0 aliphatic carbocycles. The summed E-state index contributed by atoms with van der Waals surface area (Å²) < 4.78 is 14.0. The van der Waals surface area contributed by atoms with Crippen molar-refractivity contribution in [2.45, 2.75) is 38.1 Å². The fourth-order valence-electron chi connectivity index (χ4n) is 4.75. The predicted octanol–water partition coefficient (Wildman–Crippen LogP) is 2.13. The Kier molecular flexibility index (Phi) is 4.40. The van der Waals surface area contributed by atoms with Gasteiger partial charge in [0, 0.05) is 44.8 Å². The fraction of sp³-hybridized carbons (Fsp3) is 0.684. The van der Waals surface area contributed by atoms with E-state index in [1.54, 1.807) is 12.3 Å². The topological polar surface area (TPSA) is 39.7 Å². The molecule has 5 nitrogen and oxygen atoms in total. The van der Waals surface area contributed by atoms with Crippen LogP contribution in [0.1, 0.15) is 32.1 Å². The van der Waals surface area contributed by atoms with Crippen LogP contribution in [0, 0.1) is 11.2 Å². The number of pyridine rings is 1. The standard InChI is InChI=1S/C19H27FN4O/c1-22-10-5-15(13-22)24-14-19(6-4-17(24)25)7-11-23(12-8-19)18-16(20)3-2-9-21-18/h2-3,9,15H,4-8,10-14H2,1H3. The largest absolute Gasteiger partial charge is 0.354 e. The van der Waals surface area contributed by atoms with Crippen molar-refractivity contribution in [2.24, 2.45) is 5.41 Å². The molecule has 1 amide bonds. The summed E-state index contributed by atoms with van der Waals surface area (Å²) in [5.41, 5.74) is 0.205. The van der Waals surface area contributed by atoms with Gasteiger partial charge in [-0.25, -0.2) is 9.37 Å². The molecule has 0 aromatic carbocycles. The highest BCUT2D eigenvalue weighted by Gasteiger charge is 2.44. The Morgan fingerprint density at radius 1 is 1.24 bits per heavy atom. The van der Waals surface area contributed by atoms with Crippen molar-refractivity contribution < 1.29 is 9.18 Å². The average Bonchev–Trinajstić information content (AvgIpc) is 3.05. The molecule has 4 heterocycles. The van der Waals surface area contributed by atoms with E-state index in [0.717, 1.165) is 58.4 Å². The van der Waals surface area contributed by atoms with Crippen molar-refractivity contribution in [3.8, 4) is 0 Å². The number of halogens is 1. The summed E-state index contributed by atoms with van der Waals surface area (Å²) in [7, 11) is 2.13. The number of amides is 1. The maximum atomic E-state index is 14.0. The molecule has 4 rings (SSSR count). The Bertz CT molecular complexity index is 644. The summed E-state index contributed by atoms with van der Waals surface area (Å²) in [6.07, 6.45) is 6.40. The van der Waals surface area contributed by atoms with E-state index in [-0.39, 0.29) is 11.2 Å². The van der Waals surface area contributed by atoms with Crippen LogP contribution in [-0.2, 0) is 4.79 Å². The molecule has 1 aromatic rings. The number of piperidine rings is 2. The van der Waals surface area contributed by atoms with Gasteiger partial charge in [0.05, 0.1) is 0 Å². The number of nitrogens with zero attached hydrogens (tertiary/aromatic N) is 4. The molecular weight excluding hydrogens is 319 g/mol. The second kappa shape index (κ2) is 6.56. The second-order valence-corrected chi connectivity index (χ2v) is 8.02. The molecule has 0 bridgehead atoms. The van der Waals surface area contributed by atoms with Crippen LogP contribution in [-0.4, -0.2) is 66.5 Å². The third kappa shape index (κ3) is 3.24. The first-order valence-corrected chi connectivity index (χ1v) is 9.40. The minimum atomic E-state index is -0.243. The van der Waals surface area contributed by atoms with Gasteiger partial charge >= 0.3 is 0 Å². The molecule has 3 aliphatic heterocycles. The molecule has 3 fully saturated rings. The third-order valence-corrected chi connectivity index (χ3v) is 6.37. The number of hydrogen-bond donors (Lipinski definition) is 0. The van der Waals surface area contributed by atoms with Crippen molar-refractivity contribution in [1.29, 1.82) is 0 Å². The first-order valence-electron chi connectivity index (χ1n) is 9.40. The lowest BCUT2D eigenvalue weighted by Crippen LogP contribution is -2.55. The molecule has 1 aromatic heterocycles. The van der Waals surface area contributed by atoms with E-state index < -0.39 is 0 Å². The van der Waals surface area contributed by atoms with E-state index in [0.29, 0.717) is 24.2 Å². The zero-order valence-corrected chi connectivity index (χ0v) is 15.0. The smallest absolute Gasteiger partial charge is 0.222 e. The molecule has 0 radical (unpaired) electrons. The predicted molar refractivity (Wildman–Crippen MR) is 94.9 cm³/mol. The number of hydrogen-bond acceptors (Lipinski definition) is 4. The summed E-state index contributed by atoms with van der Waals surface area (Å²) in [6, 6.07) is 3.48. The van der Waals surface area contributed by atoms with Crippen molar-refractivity contribution in [3.05, 3.63) is 24.1 Å². The minimum Gasteiger partial charge on any atom is -0.354 e. The van der Waals surface area contributed by atoms with E-state index in [1.165, 1.54) is 6.07 Å². The Morgan fingerprint density at radius 3 is 2.72 bits per heavy atom. The molecule has 3 saturated heterocycles. The summed E-state index contributed by atoms with van der Waals surface area (Å²) in [5, 5.41) is 0. The monoisotopic (exact) mass is 346 g/mol. The minimum absolute atomic E-state index is 0.205. The third-order valence-electron chi connectivity index (χ3n) is 6.37. The van der Waals surface area contributed by atoms with Crippen LogP contribution in [0.25, 0.3) is 0 Å². The van der Waals surface area contributed by atoms with Crippen LogP contribution in [0.3, 0.4) is 0 Å². The number of carbonyl (C=O) groups is 1. The zero-order valence-electron chi connectivity index (χ0n) is 15.0. The van der Waals surface area contributed by atoms with Crippen molar-refractivity contribution in [1.82, 2.24) is 14.8 Å². The maximum Gasteiger partial charge on any atom is 0.222 e. The number of aromatic nitrogens is 1. The molecular formula is C19H27FN4O. The van der Waals surface area contributed by atoms with Gasteiger partial charge < -0.3 is 14.7 Å². The first kappa shape index (κ1) is 16.8. The van der Waals surface area contributed by atoms with E-state index >= 15 is 0 Å². The molecule has 0 saturated carbocycles. The summed E-state index contributed by atoms with van der Waals surface area (Å²) in [4.78, 5) is 23.2. The van der Waals surface area contributed by atoms with Gasteiger partial charge in [0.2, 0.25) is 5.91 Å². The van der Waals surface area contributed by atoms with Gasteiger partial charge in [-0.2, -0.15) is 0 Å². The van der Waals surface area contributed by atoms with Gasteiger partial charge in [0.1, 0.15) is 0 Å². The highest BCUT2D eigenvalue weighted by molar-refractivity contribution is 5.77. The molecule has 0 N–H and O–H groups in total. The summed E-state index contributed by atoms with van der Waals surface area (Å²) in [5.74, 6) is 0.551. The molecule has 1 atom stereocenters. The molecule has 6 heteroatoms. The Hall–Kier alpha value is -1.69. The lowest BCUT2D eigenvalue weighted by atomic mass is 9.72. The van der Waals surface area contributed by atoms with Gasteiger partial charge in [-0.3, -0.25) is 4.79 Å². The summed E-state index contributed by atoms with van der Waals surface area (Å²) >= 11 is 0. The van der Waals surface area contributed by atoms with Crippen molar-refractivity contribution in [3.63, 3.8) is 0 Å². The Balaban J connectivity index is 1.43. The molecule has 1 spiro atoms. The molecule has 136 valence electrons. The number of anilines is 1. The maximum absolute atomic E-state index is 14.0. The normalized spacial score (nSPS) is 27.3.